The predicted molar refractivity (Wildman–Crippen MR) is 117 cm³/mol. The van der Waals surface area contributed by atoms with Gasteiger partial charge in [0.1, 0.15) is 0 Å². The van der Waals surface area contributed by atoms with Crippen LogP contribution >= 0.6 is 34.4 Å². The standard InChI is InChI=1S/C19H19N5OS3/c1-4-5-24-17(13-8-15(12(2)3)27-10-13)21-22-19(24)28-11-14-9-16(25)23-6-7-26-18(23)20-14/h4,6-10,12H,1,5,11H2,2-3H3. The summed E-state index contributed by atoms with van der Waals surface area (Å²) in [5.41, 5.74) is 1.76. The minimum atomic E-state index is -0.0606. The molecule has 0 saturated heterocycles. The van der Waals surface area contributed by atoms with Gasteiger partial charge >= 0.3 is 0 Å². The van der Waals surface area contributed by atoms with Gasteiger partial charge in [0.05, 0.1) is 5.69 Å². The normalized spacial score (nSPS) is 11.5. The molecule has 6 nitrogen and oxygen atoms in total. The van der Waals surface area contributed by atoms with Gasteiger partial charge in [-0.05, 0) is 12.0 Å². The van der Waals surface area contributed by atoms with Crippen molar-refractivity contribution < 1.29 is 0 Å². The summed E-state index contributed by atoms with van der Waals surface area (Å²) >= 11 is 4.72. The lowest BCUT2D eigenvalue weighted by atomic mass is 10.1. The highest BCUT2D eigenvalue weighted by Gasteiger charge is 2.16. The van der Waals surface area contributed by atoms with E-state index in [2.05, 4.69) is 51.6 Å². The van der Waals surface area contributed by atoms with E-state index in [1.165, 1.54) is 28.0 Å². The molecule has 4 rings (SSSR count). The Morgan fingerprint density at radius 2 is 2.14 bits per heavy atom. The molecule has 28 heavy (non-hydrogen) atoms. The average Bonchev–Trinajstić information content (AvgIpc) is 3.39. The summed E-state index contributed by atoms with van der Waals surface area (Å²) in [6.45, 7) is 8.86. The van der Waals surface area contributed by atoms with E-state index in [4.69, 9.17) is 0 Å². The summed E-state index contributed by atoms with van der Waals surface area (Å²) < 4.78 is 3.61. The summed E-state index contributed by atoms with van der Waals surface area (Å²) in [4.78, 5) is 18.8. The SMILES string of the molecule is C=CCn1c(SCc2cc(=O)n3ccsc3n2)nnc1-c1csc(C(C)C)c1. The predicted octanol–water partition coefficient (Wildman–Crippen LogP) is 4.68. The molecular weight excluding hydrogens is 410 g/mol. The number of hydrogen-bond acceptors (Lipinski definition) is 7. The molecule has 0 aliphatic rings. The van der Waals surface area contributed by atoms with E-state index in [1.54, 1.807) is 28.0 Å². The van der Waals surface area contributed by atoms with Gasteiger partial charge in [0.15, 0.2) is 15.9 Å². The zero-order chi connectivity index (χ0) is 19.7. The largest absolute Gasteiger partial charge is 0.298 e. The number of rotatable bonds is 7. The Balaban J connectivity index is 1.61. The van der Waals surface area contributed by atoms with Gasteiger partial charge in [0.25, 0.3) is 5.56 Å². The maximum atomic E-state index is 12.2. The number of allylic oxidation sites excluding steroid dienone is 1. The first-order chi connectivity index (χ1) is 13.6. The monoisotopic (exact) mass is 429 g/mol. The summed E-state index contributed by atoms with van der Waals surface area (Å²) in [6.07, 6.45) is 3.58. The molecule has 0 N–H and O–H groups in total. The van der Waals surface area contributed by atoms with Crippen molar-refractivity contribution in [3.63, 3.8) is 0 Å². The molecule has 4 aromatic heterocycles. The Kier molecular flexibility index (Phi) is 5.47. The number of fused-ring (bicyclic) bond motifs is 1. The van der Waals surface area contributed by atoms with E-state index in [9.17, 15) is 4.79 Å². The zero-order valence-electron chi connectivity index (χ0n) is 15.5. The van der Waals surface area contributed by atoms with Crippen LogP contribution in [0.2, 0.25) is 0 Å². The molecule has 0 aliphatic carbocycles. The Hall–Kier alpha value is -2.23. The fourth-order valence-corrected chi connectivity index (χ4v) is 5.26. The Morgan fingerprint density at radius 1 is 1.29 bits per heavy atom. The molecule has 0 radical (unpaired) electrons. The lowest BCUT2D eigenvalue weighted by Gasteiger charge is -2.07. The first-order valence-electron chi connectivity index (χ1n) is 8.78. The van der Waals surface area contributed by atoms with Gasteiger partial charge in [0, 0.05) is 45.8 Å². The summed E-state index contributed by atoms with van der Waals surface area (Å²) in [5, 5.41) is 13.6. The van der Waals surface area contributed by atoms with Crippen LogP contribution in [0, 0.1) is 0 Å². The minimum absolute atomic E-state index is 0.0606. The lowest BCUT2D eigenvalue weighted by molar-refractivity contribution is 0.731. The quantitative estimate of drug-likeness (QED) is 0.315. The summed E-state index contributed by atoms with van der Waals surface area (Å²) in [5.74, 6) is 1.88. The zero-order valence-corrected chi connectivity index (χ0v) is 18.0. The van der Waals surface area contributed by atoms with E-state index < -0.39 is 0 Å². The van der Waals surface area contributed by atoms with Crippen LogP contribution in [0.3, 0.4) is 0 Å². The van der Waals surface area contributed by atoms with Crippen LogP contribution in [-0.4, -0.2) is 24.1 Å². The molecule has 4 aromatic rings. The smallest absolute Gasteiger partial charge is 0.258 e. The fourth-order valence-electron chi connectivity index (χ4n) is 2.78. The number of hydrogen-bond donors (Lipinski definition) is 0. The van der Waals surface area contributed by atoms with Crippen LogP contribution in [-0.2, 0) is 12.3 Å². The molecule has 0 saturated carbocycles. The number of thiazole rings is 1. The molecule has 0 spiro atoms. The van der Waals surface area contributed by atoms with Crippen molar-refractivity contribution in [2.45, 2.75) is 37.2 Å². The number of nitrogens with zero attached hydrogens (tertiary/aromatic N) is 5. The molecule has 0 aromatic carbocycles. The second-order valence-corrected chi connectivity index (χ2v) is 9.29. The van der Waals surface area contributed by atoms with Crippen LogP contribution in [0.15, 0.2) is 51.7 Å². The molecular formula is C19H19N5OS3. The molecule has 0 unspecified atom stereocenters. The molecule has 4 heterocycles. The summed E-state index contributed by atoms with van der Waals surface area (Å²) in [7, 11) is 0. The molecule has 0 atom stereocenters. The van der Waals surface area contributed by atoms with Crippen molar-refractivity contribution >= 4 is 39.4 Å². The number of thioether (sulfide) groups is 1. The first-order valence-corrected chi connectivity index (χ1v) is 11.5. The van der Waals surface area contributed by atoms with Crippen LogP contribution in [0.1, 0.15) is 30.3 Å². The summed E-state index contributed by atoms with van der Waals surface area (Å²) in [6, 6.07) is 3.76. The highest BCUT2D eigenvalue weighted by molar-refractivity contribution is 7.98. The van der Waals surface area contributed by atoms with Crippen molar-refractivity contribution in [3.05, 3.63) is 62.7 Å². The van der Waals surface area contributed by atoms with E-state index in [1.807, 2.05) is 11.5 Å². The van der Waals surface area contributed by atoms with Crippen molar-refractivity contribution in [2.24, 2.45) is 0 Å². The Labute approximate surface area is 174 Å². The average molecular weight is 430 g/mol. The third kappa shape index (κ3) is 3.69. The molecule has 0 aliphatic heterocycles. The van der Waals surface area contributed by atoms with E-state index in [0.717, 1.165) is 22.2 Å². The number of aromatic nitrogens is 5. The van der Waals surface area contributed by atoms with Crippen molar-refractivity contribution in [3.8, 4) is 11.4 Å². The second kappa shape index (κ2) is 8.02. The van der Waals surface area contributed by atoms with Crippen LogP contribution < -0.4 is 5.56 Å². The molecule has 9 heteroatoms. The van der Waals surface area contributed by atoms with Gasteiger partial charge in [-0.3, -0.25) is 13.8 Å². The minimum Gasteiger partial charge on any atom is -0.298 e. The Morgan fingerprint density at radius 3 is 2.89 bits per heavy atom. The molecule has 0 bridgehead atoms. The van der Waals surface area contributed by atoms with Crippen LogP contribution in [0.25, 0.3) is 16.3 Å². The maximum absolute atomic E-state index is 12.2. The van der Waals surface area contributed by atoms with Crippen molar-refractivity contribution in [1.82, 2.24) is 24.1 Å². The molecule has 0 amide bonds. The number of thiophene rings is 1. The molecule has 144 valence electrons. The van der Waals surface area contributed by atoms with Crippen LogP contribution in [0.4, 0.5) is 0 Å². The van der Waals surface area contributed by atoms with Crippen LogP contribution in [0.5, 0.6) is 0 Å². The van der Waals surface area contributed by atoms with Gasteiger partial charge in [0.2, 0.25) is 0 Å². The van der Waals surface area contributed by atoms with Crippen molar-refractivity contribution in [2.75, 3.05) is 0 Å². The van der Waals surface area contributed by atoms with Gasteiger partial charge in [-0.1, -0.05) is 31.7 Å². The van der Waals surface area contributed by atoms with Gasteiger partial charge in [-0.15, -0.1) is 39.4 Å². The highest BCUT2D eigenvalue weighted by atomic mass is 32.2. The lowest BCUT2D eigenvalue weighted by Crippen LogP contribution is -2.12. The van der Waals surface area contributed by atoms with Gasteiger partial charge in [-0.25, -0.2) is 4.98 Å². The third-order valence-corrected chi connectivity index (χ3v) is 7.17. The van der Waals surface area contributed by atoms with E-state index >= 15 is 0 Å². The van der Waals surface area contributed by atoms with E-state index in [0.29, 0.717) is 23.2 Å². The van der Waals surface area contributed by atoms with Gasteiger partial charge in [-0.2, -0.15) is 0 Å². The van der Waals surface area contributed by atoms with E-state index in [-0.39, 0.29) is 5.56 Å². The topological polar surface area (TPSA) is 65.1 Å². The second-order valence-electron chi connectivity index (χ2n) is 6.53. The first kappa shape index (κ1) is 19.1. The Bertz CT molecular complexity index is 1180. The third-order valence-electron chi connectivity index (χ3n) is 4.18. The molecule has 0 fully saturated rings. The highest BCUT2D eigenvalue weighted by Crippen LogP contribution is 2.31. The van der Waals surface area contributed by atoms with Gasteiger partial charge < -0.3 is 0 Å². The van der Waals surface area contributed by atoms with Crippen molar-refractivity contribution in [1.29, 1.82) is 0 Å². The fraction of sp³-hybridized carbons (Fsp3) is 0.263. The maximum Gasteiger partial charge on any atom is 0.258 e.